The molecule has 0 radical (unpaired) electrons. The highest BCUT2D eigenvalue weighted by molar-refractivity contribution is 6.15. The smallest absolute Gasteiger partial charge is 0.355 e. The first-order chi connectivity index (χ1) is 16.1. The van der Waals surface area contributed by atoms with E-state index in [0.717, 1.165) is 5.56 Å². The molecule has 0 unspecified atom stereocenters. The highest BCUT2D eigenvalue weighted by atomic mass is 16.6. The summed E-state index contributed by atoms with van der Waals surface area (Å²) in [5.41, 5.74) is 1.30. The number of allylic oxidation sites excluding steroid dienone is 1. The largest absolute Gasteiger partial charge is 0.464 e. The molecule has 0 bridgehead atoms. The maximum absolute atomic E-state index is 13.7. The van der Waals surface area contributed by atoms with Crippen LogP contribution in [0.5, 0.6) is 0 Å². The van der Waals surface area contributed by atoms with Crippen molar-refractivity contribution in [2.45, 2.75) is 32.2 Å². The van der Waals surface area contributed by atoms with E-state index in [2.05, 4.69) is 41.6 Å². The number of nitro benzene ring substituents is 1. The molecule has 174 valence electrons. The van der Waals surface area contributed by atoms with Gasteiger partial charge in [0.2, 0.25) is 5.95 Å². The predicted molar refractivity (Wildman–Crippen MR) is 121 cm³/mol. The maximum Gasteiger partial charge on any atom is 0.355 e. The van der Waals surface area contributed by atoms with Gasteiger partial charge in [-0.05, 0) is 27.0 Å². The minimum Gasteiger partial charge on any atom is -0.464 e. The second-order valence-corrected chi connectivity index (χ2v) is 8.76. The number of hydrogen-bond acceptors (Lipinski definition) is 9. The van der Waals surface area contributed by atoms with Gasteiger partial charge >= 0.3 is 5.97 Å². The molecule has 0 saturated carbocycles. The molecule has 11 heteroatoms. The number of fused-ring (bicyclic) bond motifs is 1. The monoisotopic (exact) mass is 462 g/mol. The number of tetrazole rings is 1. The number of rotatable bonds is 5. The lowest BCUT2D eigenvalue weighted by molar-refractivity contribution is -0.384. The number of Topliss-reactive ketones (excluding diaryl/α,β-unsaturated/α-hetero) is 1. The maximum atomic E-state index is 13.7. The van der Waals surface area contributed by atoms with Crippen LogP contribution in [-0.2, 0) is 14.9 Å². The zero-order chi connectivity index (χ0) is 24.6. The van der Waals surface area contributed by atoms with E-state index in [1.807, 2.05) is 24.3 Å². The Morgan fingerprint density at radius 3 is 2.47 bits per heavy atom. The van der Waals surface area contributed by atoms with Crippen LogP contribution >= 0.6 is 0 Å². The average Bonchev–Trinajstić information content (AvgIpc) is 3.30. The normalized spacial score (nSPS) is 15.4. The standard InChI is InChI=1S/C23H22N6O5/c1-23(2,3)15-10-8-13(9-11-15)19-17(20(30)14-6-5-7-16(12-14)29(32)33)18(21(31)34-4)24-22-25-26-27-28(19)22/h5-12,19H,1-4H3,(H,24,25,27)/t19-/m0/s1. The van der Waals surface area contributed by atoms with Crippen LogP contribution in [0.4, 0.5) is 11.6 Å². The molecule has 4 rings (SSSR count). The SMILES string of the molecule is COC(=O)C1=C(C(=O)c2cccc([N+](=O)[O-])c2)[C@H](c2ccc(C(C)(C)C)cc2)n2nnnc2N1. The molecule has 2 aromatic carbocycles. The highest BCUT2D eigenvalue weighted by Gasteiger charge is 2.39. The Kier molecular flexibility index (Phi) is 5.70. The molecule has 2 heterocycles. The lowest BCUT2D eigenvalue weighted by atomic mass is 9.84. The fraction of sp³-hybridized carbons (Fsp3) is 0.261. The Morgan fingerprint density at radius 1 is 1.15 bits per heavy atom. The zero-order valence-corrected chi connectivity index (χ0v) is 19.0. The lowest BCUT2D eigenvalue weighted by Gasteiger charge is -2.28. The van der Waals surface area contributed by atoms with Crippen LogP contribution in [0.25, 0.3) is 0 Å². The van der Waals surface area contributed by atoms with E-state index in [4.69, 9.17) is 4.74 Å². The second-order valence-electron chi connectivity index (χ2n) is 8.76. The quantitative estimate of drug-likeness (QED) is 0.262. The number of ether oxygens (including phenoxy) is 1. The number of non-ortho nitro benzene ring substituents is 1. The average molecular weight is 462 g/mol. The first-order valence-corrected chi connectivity index (χ1v) is 10.4. The molecular weight excluding hydrogens is 440 g/mol. The van der Waals surface area contributed by atoms with Crippen molar-refractivity contribution in [3.8, 4) is 0 Å². The molecule has 1 atom stereocenters. The number of aromatic nitrogens is 4. The van der Waals surface area contributed by atoms with Crippen LogP contribution in [-0.4, -0.2) is 44.0 Å². The number of benzene rings is 2. The summed E-state index contributed by atoms with van der Waals surface area (Å²) in [5, 5.41) is 25.7. The summed E-state index contributed by atoms with van der Waals surface area (Å²) in [6.07, 6.45) is 0. The minimum atomic E-state index is -0.874. The van der Waals surface area contributed by atoms with Crippen molar-refractivity contribution in [1.29, 1.82) is 0 Å². The van der Waals surface area contributed by atoms with Crippen molar-refractivity contribution in [1.82, 2.24) is 20.2 Å². The van der Waals surface area contributed by atoms with Gasteiger partial charge in [-0.25, -0.2) is 4.79 Å². The summed E-state index contributed by atoms with van der Waals surface area (Å²) in [4.78, 5) is 37.1. The van der Waals surface area contributed by atoms with Crippen LogP contribution < -0.4 is 5.32 Å². The van der Waals surface area contributed by atoms with E-state index in [1.54, 1.807) is 0 Å². The summed E-state index contributed by atoms with van der Waals surface area (Å²) in [6.45, 7) is 6.25. The number of carbonyl (C=O) groups is 2. The Balaban J connectivity index is 1.92. The lowest BCUT2D eigenvalue weighted by Crippen LogP contribution is -2.33. The first kappa shape index (κ1) is 22.8. The van der Waals surface area contributed by atoms with Gasteiger partial charge in [0.1, 0.15) is 11.7 Å². The second kappa shape index (κ2) is 8.50. The number of hydrogen-bond donors (Lipinski definition) is 1. The van der Waals surface area contributed by atoms with Crippen LogP contribution in [0.3, 0.4) is 0 Å². The number of nitro groups is 1. The number of nitrogens with one attached hydrogen (secondary N) is 1. The molecule has 1 aliphatic heterocycles. The fourth-order valence-electron chi connectivity index (χ4n) is 3.78. The number of carbonyl (C=O) groups excluding carboxylic acids is 2. The predicted octanol–water partition coefficient (Wildman–Crippen LogP) is 3.20. The molecule has 1 N–H and O–H groups in total. The van der Waals surface area contributed by atoms with Gasteiger partial charge in [0.05, 0.1) is 17.6 Å². The number of anilines is 1. The molecule has 1 aromatic heterocycles. The molecule has 0 spiro atoms. The van der Waals surface area contributed by atoms with Crippen molar-refractivity contribution in [2.75, 3.05) is 12.4 Å². The van der Waals surface area contributed by atoms with Crippen molar-refractivity contribution >= 4 is 23.4 Å². The zero-order valence-electron chi connectivity index (χ0n) is 19.0. The van der Waals surface area contributed by atoms with Crippen molar-refractivity contribution in [2.24, 2.45) is 0 Å². The van der Waals surface area contributed by atoms with E-state index in [0.29, 0.717) is 5.56 Å². The summed E-state index contributed by atoms with van der Waals surface area (Å²) in [5.74, 6) is -1.23. The van der Waals surface area contributed by atoms with Gasteiger partial charge in [-0.2, -0.15) is 4.68 Å². The minimum absolute atomic E-state index is 0.00987. The molecule has 0 amide bonds. The van der Waals surface area contributed by atoms with Gasteiger partial charge in [0.15, 0.2) is 5.78 Å². The third kappa shape index (κ3) is 4.03. The molecule has 0 fully saturated rings. The van der Waals surface area contributed by atoms with Gasteiger partial charge in [-0.1, -0.05) is 62.3 Å². The van der Waals surface area contributed by atoms with E-state index in [1.165, 1.54) is 36.1 Å². The number of esters is 1. The number of methoxy groups -OCH3 is 1. The Bertz CT molecular complexity index is 1320. The van der Waals surface area contributed by atoms with E-state index in [-0.39, 0.29) is 33.9 Å². The topological polar surface area (TPSA) is 142 Å². The molecule has 1 aliphatic rings. The van der Waals surface area contributed by atoms with Gasteiger partial charge < -0.3 is 10.1 Å². The van der Waals surface area contributed by atoms with E-state index in [9.17, 15) is 19.7 Å². The van der Waals surface area contributed by atoms with Gasteiger partial charge in [-0.3, -0.25) is 14.9 Å². The Morgan fingerprint density at radius 2 is 1.85 bits per heavy atom. The third-order valence-corrected chi connectivity index (χ3v) is 5.56. The van der Waals surface area contributed by atoms with E-state index < -0.39 is 22.7 Å². The molecule has 3 aromatic rings. The molecule has 34 heavy (non-hydrogen) atoms. The summed E-state index contributed by atoms with van der Waals surface area (Å²) in [7, 11) is 1.19. The number of ketones is 1. The van der Waals surface area contributed by atoms with Gasteiger partial charge in [0, 0.05) is 17.7 Å². The molecular formula is C23H22N6O5. The molecule has 0 saturated heterocycles. The van der Waals surface area contributed by atoms with Crippen LogP contribution in [0, 0.1) is 10.1 Å². The van der Waals surface area contributed by atoms with E-state index >= 15 is 0 Å². The highest BCUT2D eigenvalue weighted by Crippen LogP contribution is 2.37. The van der Waals surface area contributed by atoms with Crippen molar-refractivity contribution in [3.05, 3.63) is 86.6 Å². The Hall–Kier alpha value is -4.41. The van der Waals surface area contributed by atoms with Gasteiger partial charge in [0.25, 0.3) is 5.69 Å². The summed E-state index contributed by atoms with van der Waals surface area (Å²) in [6, 6.07) is 12.0. The first-order valence-electron chi connectivity index (χ1n) is 10.4. The van der Waals surface area contributed by atoms with Gasteiger partial charge in [-0.15, -0.1) is 0 Å². The van der Waals surface area contributed by atoms with Crippen LogP contribution in [0.15, 0.2) is 59.8 Å². The Labute approximate surface area is 194 Å². The molecule has 11 nitrogen and oxygen atoms in total. The summed E-state index contributed by atoms with van der Waals surface area (Å²) < 4.78 is 6.30. The number of nitrogens with zero attached hydrogens (tertiary/aromatic N) is 5. The fourth-order valence-corrected chi connectivity index (χ4v) is 3.78. The van der Waals surface area contributed by atoms with Crippen LogP contribution in [0.1, 0.15) is 48.3 Å². The van der Waals surface area contributed by atoms with Crippen molar-refractivity contribution < 1.29 is 19.2 Å². The third-order valence-electron chi connectivity index (χ3n) is 5.56. The van der Waals surface area contributed by atoms with Crippen molar-refractivity contribution in [3.63, 3.8) is 0 Å². The molecule has 0 aliphatic carbocycles. The van der Waals surface area contributed by atoms with Crippen LogP contribution in [0.2, 0.25) is 0 Å². The summed E-state index contributed by atoms with van der Waals surface area (Å²) >= 11 is 0.